The first-order chi connectivity index (χ1) is 10.1. The van der Waals surface area contributed by atoms with E-state index < -0.39 is 11.6 Å². The van der Waals surface area contributed by atoms with Gasteiger partial charge in [-0.2, -0.15) is 11.3 Å². The Hall–Kier alpha value is -1.53. The predicted molar refractivity (Wildman–Crippen MR) is 85.8 cm³/mol. The van der Waals surface area contributed by atoms with Crippen molar-refractivity contribution in [1.29, 1.82) is 0 Å². The number of hydrogen-bond donors (Lipinski definition) is 1. The molecule has 3 rings (SSSR count). The maximum atomic E-state index is 14.4. The fraction of sp³-hybridized carbons (Fsp3) is 0.267. The van der Waals surface area contributed by atoms with Gasteiger partial charge in [-0.25, -0.2) is 8.78 Å². The third-order valence-corrected chi connectivity index (χ3v) is 4.51. The first kappa shape index (κ1) is 14.4. The van der Waals surface area contributed by atoms with Crippen LogP contribution in [0.2, 0.25) is 0 Å². The molecule has 0 unspecified atom stereocenters. The van der Waals surface area contributed by atoms with E-state index in [4.69, 9.17) is 18.0 Å². The minimum Gasteiger partial charge on any atom is -0.389 e. The summed E-state index contributed by atoms with van der Waals surface area (Å²) in [5.74, 6) is -1.83. The van der Waals surface area contributed by atoms with Crippen LogP contribution in [0.4, 0.5) is 14.5 Å². The van der Waals surface area contributed by atoms with Crippen LogP contribution in [-0.2, 0) is 6.54 Å². The van der Waals surface area contributed by atoms with Crippen molar-refractivity contribution in [3.63, 3.8) is 0 Å². The molecule has 0 aliphatic heterocycles. The van der Waals surface area contributed by atoms with Crippen LogP contribution in [0.5, 0.6) is 0 Å². The molecule has 2 aromatic rings. The van der Waals surface area contributed by atoms with Crippen LogP contribution in [0.15, 0.2) is 29.0 Å². The van der Waals surface area contributed by atoms with Crippen molar-refractivity contribution in [2.24, 2.45) is 5.73 Å². The van der Waals surface area contributed by atoms with Crippen molar-refractivity contribution >= 4 is 34.2 Å². The van der Waals surface area contributed by atoms with Crippen LogP contribution < -0.4 is 10.6 Å². The molecule has 0 amide bonds. The Kier molecular flexibility index (Phi) is 3.91. The molecular formula is C15H14F2N2S2. The van der Waals surface area contributed by atoms with Gasteiger partial charge in [0, 0.05) is 18.2 Å². The topological polar surface area (TPSA) is 29.3 Å². The van der Waals surface area contributed by atoms with E-state index >= 15 is 0 Å². The molecule has 1 aromatic heterocycles. The number of anilines is 1. The summed E-state index contributed by atoms with van der Waals surface area (Å²) in [5, 5.41) is 4.00. The van der Waals surface area contributed by atoms with E-state index in [-0.39, 0.29) is 22.3 Å². The highest BCUT2D eigenvalue weighted by atomic mass is 32.1. The number of thiophene rings is 1. The van der Waals surface area contributed by atoms with Crippen molar-refractivity contribution in [2.45, 2.75) is 25.4 Å². The summed E-state index contributed by atoms with van der Waals surface area (Å²) in [6, 6.07) is 5.29. The monoisotopic (exact) mass is 324 g/mol. The lowest BCUT2D eigenvalue weighted by molar-refractivity contribution is 0.504. The molecule has 0 radical (unpaired) electrons. The van der Waals surface area contributed by atoms with Gasteiger partial charge >= 0.3 is 0 Å². The lowest BCUT2D eigenvalue weighted by atomic mass is 10.1. The second-order valence-electron chi connectivity index (χ2n) is 5.12. The quantitative estimate of drug-likeness (QED) is 0.848. The number of benzene rings is 1. The Balaban J connectivity index is 1.96. The van der Waals surface area contributed by atoms with Crippen LogP contribution in [0.25, 0.3) is 0 Å². The van der Waals surface area contributed by atoms with Gasteiger partial charge < -0.3 is 10.6 Å². The van der Waals surface area contributed by atoms with Crippen LogP contribution >= 0.6 is 23.6 Å². The standard InChI is InChI=1S/C15H14F2N2S2/c16-13-11(15(18)20)3-4-12(14(13)17)19(10-1-2-10)7-9-5-6-21-8-9/h3-6,8,10H,1-2,7H2,(H2,18,20). The zero-order valence-electron chi connectivity index (χ0n) is 11.2. The Labute approximate surface area is 131 Å². The van der Waals surface area contributed by atoms with Crippen molar-refractivity contribution in [3.8, 4) is 0 Å². The Bertz CT molecular complexity index is 667. The van der Waals surface area contributed by atoms with Gasteiger partial charge in [0.1, 0.15) is 4.99 Å². The fourth-order valence-electron chi connectivity index (χ4n) is 2.33. The summed E-state index contributed by atoms with van der Waals surface area (Å²) in [7, 11) is 0. The largest absolute Gasteiger partial charge is 0.389 e. The summed E-state index contributed by atoms with van der Waals surface area (Å²) >= 11 is 6.33. The first-order valence-corrected chi connectivity index (χ1v) is 7.98. The first-order valence-electron chi connectivity index (χ1n) is 6.63. The third kappa shape index (κ3) is 2.91. The number of thiocarbonyl (C=S) groups is 1. The van der Waals surface area contributed by atoms with E-state index in [0.717, 1.165) is 18.4 Å². The van der Waals surface area contributed by atoms with Crippen molar-refractivity contribution in [3.05, 3.63) is 51.7 Å². The molecule has 1 aromatic carbocycles. The average Bonchev–Trinajstić information content (AvgIpc) is 3.16. The zero-order valence-corrected chi connectivity index (χ0v) is 12.8. The summed E-state index contributed by atoms with van der Waals surface area (Å²) in [4.78, 5) is 1.79. The fourth-order valence-corrected chi connectivity index (χ4v) is 3.15. The van der Waals surface area contributed by atoms with Gasteiger partial charge in [-0.15, -0.1) is 0 Å². The average molecular weight is 324 g/mol. The van der Waals surface area contributed by atoms with Crippen molar-refractivity contribution in [2.75, 3.05) is 4.90 Å². The van der Waals surface area contributed by atoms with Gasteiger partial charge in [-0.3, -0.25) is 0 Å². The molecule has 2 N–H and O–H groups in total. The maximum absolute atomic E-state index is 14.4. The van der Waals surface area contributed by atoms with Gasteiger partial charge in [-0.1, -0.05) is 12.2 Å². The van der Waals surface area contributed by atoms with Gasteiger partial charge in [0.05, 0.1) is 5.69 Å². The van der Waals surface area contributed by atoms with Gasteiger partial charge in [0.2, 0.25) is 0 Å². The smallest absolute Gasteiger partial charge is 0.182 e. The van der Waals surface area contributed by atoms with Crippen molar-refractivity contribution < 1.29 is 8.78 Å². The second kappa shape index (κ2) is 5.69. The van der Waals surface area contributed by atoms with Crippen LogP contribution in [-0.4, -0.2) is 11.0 Å². The van der Waals surface area contributed by atoms with E-state index in [1.54, 1.807) is 17.4 Å². The zero-order chi connectivity index (χ0) is 15.0. The van der Waals surface area contributed by atoms with E-state index in [0.29, 0.717) is 6.54 Å². The normalized spacial score (nSPS) is 14.2. The summed E-state index contributed by atoms with van der Waals surface area (Å²) < 4.78 is 28.4. The molecule has 1 saturated carbocycles. The molecule has 6 heteroatoms. The molecule has 21 heavy (non-hydrogen) atoms. The lowest BCUT2D eigenvalue weighted by Crippen LogP contribution is -2.26. The molecule has 1 heterocycles. The molecular weight excluding hydrogens is 310 g/mol. The van der Waals surface area contributed by atoms with Crippen LogP contribution in [0.1, 0.15) is 24.0 Å². The van der Waals surface area contributed by atoms with Gasteiger partial charge in [-0.05, 0) is 47.4 Å². The maximum Gasteiger partial charge on any atom is 0.182 e. The van der Waals surface area contributed by atoms with E-state index in [1.165, 1.54) is 6.07 Å². The highest BCUT2D eigenvalue weighted by Crippen LogP contribution is 2.36. The Morgan fingerprint density at radius 1 is 1.29 bits per heavy atom. The molecule has 110 valence electrons. The molecule has 1 aliphatic carbocycles. The van der Waals surface area contributed by atoms with Gasteiger partial charge in [0.25, 0.3) is 0 Å². The summed E-state index contributed by atoms with van der Waals surface area (Å²) in [6.07, 6.45) is 2.00. The molecule has 1 aliphatic rings. The Morgan fingerprint density at radius 3 is 2.62 bits per heavy atom. The second-order valence-corrected chi connectivity index (χ2v) is 6.33. The number of nitrogens with zero attached hydrogens (tertiary/aromatic N) is 1. The minimum absolute atomic E-state index is 0.0440. The molecule has 1 fully saturated rings. The molecule has 0 saturated heterocycles. The number of hydrogen-bond acceptors (Lipinski definition) is 3. The van der Waals surface area contributed by atoms with Crippen LogP contribution in [0, 0.1) is 11.6 Å². The Morgan fingerprint density at radius 2 is 2.05 bits per heavy atom. The van der Waals surface area contributed by atoms with Crippen LogP contribution in [0.3, 0.4) is 0 Å². The molecule has 0 bridgehead atoms. The summed E-state index contributed by atoms with van der Waals surface area (Å²) in [6.45, 7) is 0.580. The van der Waals surface area contributed by atoms with Crippen molar-refractivity contribution in [1.82, 2.24) is 0 Å². The highest BCUT2D eigenvalue weighted by Gasteiger charge is 2.32. The van der Waals surface area contributed by atoms with E-state index in [2.05, 4.69) is 0 Å². The summed E-state index contributed by atoms with van der Waals surface area (Å²) in [5.41, 5.74) is 6.74. The molecule has 0 atom stereocenters. The SMILES string of the molecule is NC(=S)c1ccc(N(Cc2ccsc2)C2CC2)c(F)c1F. The van der Waals surface area contributed by atoms with E-state index in [9.17, 15) is 8.78 Å². The lowest BCUT2D eigenvalue weighted by Gasteiger charge is -2.25. The number of halogens is 2. The van der Waals surface area contributed by atoms with E-state index in [1.807, 2.05) is 21.7 Å². The minimum atomic E-state index is -0.962. The van der Waals surface area contributed by atoms with Gasteiger partial charge in [0.15, 0.2) is 11.6 Å². The predicted octanol–water partition coefficient (Wildman–Crippen LogP) is 3.83. The number of rotatable bonds is 5. The molecule has 0 spiro atoms. The highest BCUT2D eigenvalue weighted by molar-refractivity contribution is 7.80. The number of nitrogens with two attached hydrogens (primary N) is 1. The third-order valence-electron chi connectivity index (χ3n) is 3.56. The molecule has 2 nitrogen and oxygen atoms in total.